The molecule has 1 rings (SSSR count). The molecule has 0 fully saturated rings. The van der Waals surface area contributed by atoms with Gasteiger partial charge in [-0.2, -0.15) is 0 Å². The average Bonchev–Trinajstić information content (AvgIpc) is 2.76. The zero-order valence-electron chi connectivity index (χ0n) is 10.0. The van der Waals surface area contributed by atoms with Gasteiger partial charge in [0.25, 0.3) is 0 Å². The number of hydrogen-bond acceptors (Lipinski definition) is 6. The minimum atomic E-state index is -0.0252. The number of aliphatic hydroxyl groups is 1. The van der Waals surface area contributed by atoms with Gasteiger partial charge in [-0.05, 0) is 24.3 Å². The smallest absolute Gasteiger partial charge is 0.233 e. The van der Waals surface area contributed by atoms with E-state index >= 15 is 0 Å². The molecule has 0 unspecified atom stereocenters. The number of aromatic nitrogens is 4. The van der Waals surface area contributed by atoms with Gasteiger partial charge in [-0.15, -0.1) is 5.10 Å². The number of aliphatic hydroxyl groups excluding tert-OH is 1. The number of carbonyl (C=O) groups is 1. The van der Waals surface area contributed by atoms with E-state index in [9.17, 15) is 4.79 Å². The maximum atomic E-state index is 11.7. The summed E-state index contributed by atoms with van der Waals surface area (Å²) in [4.78, 5) is 13.5. The predicted molar refractivity (Wildman–Crippen MR) is 63.6 cm³/mol. The van der Waals surface area contributed by atoms with Crippen molar-refractivity contribution in [3.63, 3.8) is 0 Å². The normalized spacial score (nSPS) is 10.5. The Bertz CT molecular complexity index is 353. The van der Waals surface area contributed by atoms with Crippen molar-refractivity contribution >= 4 is 17.7 Å². The monoisotopic (exact) mass is 259 g/mol. The fourth-order valence-electron chi connectivity index (χ4n) is 1.33. The molecule has 0 atom stereocenters. The molecule has 0 radical (unpaired) electrons. The van der Waals surface area contributed by atoms with Gasteiger partial charge in [0.15, 0.2) is 0 Å². The molecule has 1 aromatic heterocycles. The molecule has 1 aromatic rings. The van der Waals surface area contributed by atoms with Crippen LogP contribution in [0.4, 0.5) is 0 Å². The van der Waals surface area contributed by atoms with Crippen molar-refractivity contribution in [1.29, 1.82) is 0 Å². The number of nitrogens with zero attached hydrogens (tertiary/aromatic N) is 5. The van der Waals surface area contributed by atoms with Crippen LogP contribution in [-0.4, -0.2) is 61.6 Å². The van der Waals surface area contributed by atoms with Gasteiger partial charge < -0.3 is 10.0 Å². The summed E-state index contributed by atoms with van der Waals surface area (Å²) in [7, 11) is 0. The lowest BCUT2D eigenvalue weighted by Gasteiger charge is -2.17. The molecule has 1 amide bonds. The van der Waals surface area contributed by atoms with Crippen LogP contribution >= 0.6 is 11.8 Å². The minimum Gasteiger partial charge on any atom is -0.394 e. The molecule has 17 heavy (non-hydrogen) atoms. The fourth-order valence-corrected chi connectivity index (χ4v) is 2.13. The van der Waals surface area contributed by atoms with Gasteiger partial charge in [0.2, 0.25) is 11.1 Å². The van der Waals surface area contributed by atoms with Crippen molar-refractivity contribution in [3.05, 3.63) is 0 Å². The molecule has 0 saturated carbocycles. The van der Waals surface area contributed by atoms with Crippen LogP contribution in [-0.2, 0) is 11.3 Å². The average molecular weight is 259 g/mol. The van der Waals surface area contributed by atoms with Crippen LogP contribution in [0.1, 0.15) is 13.8 Å². The van der Waals surface area contributed by atoms with Gasteiger partial charge in [0.1, 0.15) is 0 Å². The lowest BCUT2D eigenvalue weighted by Crippen LogP contribution is -2.32. The molecule has 8 heteroatoms. The van der Waals surface area contributed by atoms with Crippen molar-refractivity contribution < 1.29 is 9.90 Å². The summed E-state index contributed by atoms with van der Waals surface area (Å²) >= 11 is 1.29. The molecule has 0 bridgehead atoms. The van der Waals surface area contributed by atoms with Gasteiger partial charge in [-0.1, -0.05) is 11.8 Å². The highest BCUT2D eigenvalue weighted by Crippen LogP contribution is 2.13. The van der Waals surface area contributed by atoms with Crippen LogP contribution in [0.15, 0.2) is 5.16 Å². The summed E-state index contributed by atoms with van der Waals surface area (Å²) in [6, 6.07) is 0. The maximum absolute atomic E-state index is 11.7. The predicted octanol–water partition coefficient (Wildman–Crippen LogP) is -0.374. The number of thioether (sulfide) groups is 1. The lowest BCUT2D eigenvalue weighted by atomic mass is 10.5. The molecule has 0 aromatic carbocycles. The quantitative estimate of drug-likeness (QED) is 0.672. The third-order valence-corrected chi connectivity index (χ3v) is 3.19. The van der Waals surface area contributed by atoms with E-state index in [2.05, 4.69) is 15.5 Å². The second-order valence-corrected chi connectivity index (χ2v) is 4.21. The Labute approximate surface area is 104 Å². The van der Waals surface area contributed by atoms with E-state index in [1.807, 2.05) is 13.8 Å². The third kappa shape index (κ3) is 3.97. The molecule has 0 saturated heterocycles. The summed E-state index contributed by atoms with van der Waals surface area (Å²) in [5, 5.41) is 20.4. The van der Waals surface area contributed by atoms with E-state index < -0.39 is 0 Å². The maximum Gasteiger partial charge on any atom is 0.233 e. The summed E-state index contributed by atoms with van der Waals surface area (Å²) in [5.41, 5.74) is 0. The topological polar surface area (TPSA) is 84.1 Å². The molecular weight excluding hydrogens is 242 g/mol. The summed E-state index contributed by atoms with van der Waals surface area (Å²) < 4.78 is 1.49. The van der Waals surface area contributed by atoms with Crippen LogP contribution in [0, 0.1) is 0 Å². The van der Waals surface area contributed by atoms with E-state index in [0.717, 1.165) is 0 Å². The van der Waals surface area contributed by atoms with E-state index in [1.54, 1.807) is 4.90 Å². The van der Waals surface area contributed by atoms with Crippen molar-refractivity contribution in [2.75, 3.05) is 25.4 Å². The highest BCUT2D eigenvalue weighted by molar-refractivity contribution is 7.99. The Morgan fingerprint density at radius 1 is 1.47 bits per heavy atom. The molecular formula is C9H17N5O2S. The standard InChI is InChI=1S/C9H17N5O2S/c1-3-13(4-2)8(16)7-17-9-10-11-12-14(9)5-6-15/h15H,3-7H2,1-2H3. The molecule has 7 nitrogen and oxygen atoms in total. The Morgan fingerprint density at radius 3 is 2.76 bits per heavy atom. The first-order valence-electron chi connectivity index (χ1n) is 5.50. The van der Waals surface area contributed by atoms with Crippen LogP contribution in [0.25, 0.3) is 0 Å². The minimum absolute atomic E-state index is 0.0252. The van der Waals surface area contributed by atoms with Crippen LogP contribution in [0.5, 0.6) is 0 Å². The molecule has 0 aliphatic heterocycles. The zero-order valence-corrected chi connectivity index (χ0v) is 10.9. The third-order valence-electron chi connectivity index (χ3n) is 2.25. The van der Waals surface area contributed by atoms with Crippen molar-refractivity contribution in [1.82, 2.24) is 25.1 Å². The Balaban J connectivity index is 2.49. The van der Waals surface area contributed by atoms with E-state index in [0.29, 0.717) is 30.5 Å². The first-order valence-corrected chi connectivity index (χ1v) is 6.49. The van der Waals surface area contributed by atoms with Crippen molar-refractivity contribution in [2.24, 2.45) is 0 Å². The summed E-state index contributed by atoms with van der Waals surface area (Å²) in [6.45, 7) is 5.62. The fraction of sp³-hybridized carbons (Fsp3) is 0.778. The van der Waals surface area contributed by atoms with Crippen LogP contribution in [0.2, 0.25) is 0 Å². The molecule has 0 spiro atoms. The highest BCUT2D eigenvalue weighted by Gasteiger charge is 2.13. The number of tetrazole rings is 1. The van der Waals surface area contributed by atoms with Gasteiger partial charge in [0.05, 0.1) is 18.9 Å². The Morgan fingerprint density at radius 2 is 2.18 bits per heavy atom. The van der Waals surface area contributed by atoms with E-state index in [4.69, 9.17) is 5.11 Å². The largest absolute Gasteiger partial charge is 0.394 e. The van der Waals surface area contributed by atoms with Crippen LogP contribution < -0.4 is 0 Å². The second kappa shape index (κ2) is 7.23. The van der Waals surface area contributed by atoms with Gasteiger partial charge in [-0.3, -0.25) is 4.79 Å². The first kappa shape index (κ1) is 13.9. The SMILES string of the molecule is CCN(CC)C(=O)CSc1nnnn1CCO. The molecule has 0 aliphatic rings. The van der Waals surface area contributed by atoms with E-state index in [1.165, 1.54) is 16.4 Å². The highest BCUT2D eigenvalue weighted by atomic mass is 32.2. The van der Waals surface area contributed by atoms with Crippen molar-refractivity contribution in [2.45, 2.75) is 25.5 Å². The van der Waals surface area contributed by atoms with E-state index in [-0.39, 0.29) is 12.5 Å². The number of carbonyl (C=O) groups excluding carboxylic acids is 1. The Hall–Kier alpha value is -1.15. The summed E-state index contributed by atoms with van der Waals surface area (Å²) in [5.74, 6) is 0.381. The molecule has 96 valence electrons. The van der Waals surface area contributed by atoms with Gasteiger partial charge >= 0.3 is 0 Å². The summed E-state index contributed by atoms with van der Waals surface area (Å²) in [6.07, 6.45) is 0. The first-order chi connectivity index (χ1) is 8.22. The van der Waals surface area contributed by atoms with Crippen molar-refractivity contribution in [3.8, 4) is 0 Å². The number of hydrogen-bond donors (Lipinski definition) is 1. The molecule has 1 heterocycles. The number of amides is 1. The second-order valence-electron chi connectivity index (χ2n) is 3.26. The van der Waals surface area contributed by atoms with Gasteiger partial charge in [0, 0.05) is 13.1 Å². The number of rotatable bonds is 7. The van der Waals surface area contributed by atoms with Gasteiger partial charge in [-0.25, -0.2) is 4.68 Å². The molecule has 0 aliphatic carbocycles. The molecule has 1 N–H and O–H groups in total. The lowest BCUT2D eigenvalue weighted by molar-refractivity contribution is -0.127. The Kier molecular flexibility index (Phi) is 5.92. The van der Waals surface area contributed by atoms with Crippen LogP contribution in [0.3, 0.4) is 0 Å². The zero-order chi connectivity index (χ0) is 12.7.